The molecule has 1 saturated heterocycles. The van der Waals surface area contributed by atoms with E-state index in [4.69, 9.17) is 4.74 Å². The lowest BCUT2D eigenvalue weighted by Crippen LogP contribution is -2.46. The normalized spacial score (nSPS) is 15.5. The molecular weight excluding hydrogens is 362 g/mol. The number of amides is 1. The van der Waals surface area contributed by atoms with Crippen LogP contribution in [0, 0.1) is 6.92 Å². The first-order chi connectivity index (χ1) is 14.1. The van der Waals surface area contributed by atoms with Gasteiger partial charge in [-0.1, -0.05) is 36.4 Å². The van der Waals surface area contributed by atoms with Crippen molar-refractivity contribution in [3.63, 3.8) is 0 Å². The monoisotopic (exact) mass is 393 g/mol. The number of anilines is 1. The molecule has 0 spiro atoms. The van der Waals surface area contributed by atoms with Crippen molar-refractivity contribution in [2.24, 2.45) is 0 Å². The molecule has 5 heteroatoms. The van der Waals surface area contributed by atoms with Crippen LogP contribution in [0.1, 0.15) is 17.5 Å². The Labute approximate surface area is 174 Å². The molecule has 0 unspecified atom stereocenters. The number of hydrogen-bond donors (Lipinski definition) is 1. The van der Waals surface area contributed by atoms with Gasteiger partial charge in [-0.05, 0) is 42.3 Å². The van der Waals surface area contributed by atoms with Gasteiger partial charge < -0.3 is 15.0 Å². The topological polar surface area (TPSA) is 44.8 Å². The summed E-state index contributed by atoms with van der Waals surface area (Å²) < 4.78 is 5.19. The van der Waals surface area contributed by atoms with Crippen LogP contribution in [0.5, 0.6) is 5.75 Å². The van der Waals surface area contributed by atoms with E-state index < -0.39 is 0 Å². The van der Waals surface area contributed by atoms with Crippen LogP contribution in [0.15, 0.2) is 54.6 Å². The summed E-state index contributed by atoms with van der Waals surface area (Å²) >= 11 is 0. The molecule has 0 aliphatic carbocycles. The number of nitrogens with zero attached hydrogens (tertiary/aromatic N) is 2. The number of nitrogens with one attached hydrogen (secondary N) is 1. The molecule has 5 nitrogen and oxygen atoms in total. The largest absolute Gasteiger partial charge is 0.497 e. The van der Waals surface area contributed by atoms with Gasteiger partial charge in [0, 0.05) is 51.4 Å². The van der Waals surface area contributed by atoms with Gasteiger partial charge in [-0.3, -0.25) is 9.69 Å². The minimum Gasteiger partial charge on any atom is -0.497 e. The van der Waals surface area contributed by atoms with Crippen LogP contribution in [-0.2, 0) is 4.79 Å². The summed E-state index contributed by atoms with van der Waals surface area (Å²) in [4.78, 5) is 17.0. The molecule has 0 saturated carbocycles. The summed E-state index contributed by atoms with van der Waals surface area (Å²) in [6.07, 6.45) is 4.90. The van der Waals surface area contributed by atoms with E-state index in [1.165, 1.54) is 5.56 Å². The number of rotatable bonds is 8. The molecule has 1 aliphatic rings. The standard InChI is InChI=1S/C24H31N3O2/c1-20-5-3-7-22(19-20)25-24(28)12-14-27-17-15-26(16-18-27)13-4-6-21-8-10-23(29-2)11-9-21/h3-11,19H,12-18H2,1-2H3,(H,25,28)/b6-4+. The van der Waals surface area contributed by atoms with E-state index >= 15 is 0 Å². The molecular formula is C24H31N3O2. The molecule has 2 aromatic carbocycles. The molecule has 0 atom stereocenters. The lowest BCUT2D eigenvalue weighted by molar-refractivity contribution is -0.116. The molecule has 1 amide bonds. The van der Waals surface area contributed by atoms with Gasteiger partial charge in [0.15, 0.2) is 0 Å². The van der Waals surface area contributed by atoms with E-state index in [9.17, 15) is 4.79 Å². The number of ether oxygens (including phenoxy) is 1. The van der Waals surface area contributed by atoms with Gasteiger partial charge >= 0.3 is 0 Å². The zero-order valence-electron chi connectivity index (χ0n) is 17.4. The Morgan fingerprint density at radius 3 is 2.48 bits per heavy atom. The second-order valence-corrected chi connectivity index (χ2v) is 7.49. The zero-order valence-corrected chi connectivity index (χ0v) is 17.4. The third-order valence-corrected chi connectivity index (χ3v) is 5.21. The highest BCUT2D eigenvalue weighted by molar-refractivity contribution is 5.90. The molecule has 154 valence electrons. The van der Waals surface area contributed by atoms with Crippen LogP contribution in [0.3, 0.4) is 0 Å². The second kappa shape index (κ2) is 10.8. The first kappa shape index (κ1) is 21.1. The maximum atomic E-state index is 12.2. The van der Waals surface area contributed by atoms with E-state index in [0.717, 1.165) is 56.3 Å². The van der Waals surface area contributed by atoms with E-state index in [-0.39, 0.29) is 5.91 Å². The lowest BCUT2D eigenvalue weighted by atomic mass is 10.2. The number of hydrogen-bond acceptors (Lipinski definition) is 4. The Bertz CT molecular complexity index is 809. The fourth-order valence-electron chi connectivity index (χ4n) is 3.45. The minimum absolute atomic E-state index is 0.0838. The van der Waals surface area contributed by atoms with Gasteiger partial charge in [0.1, 0.15) is 5.75 Å². The molecule has 2 aromatic rings. The third kappa shape index (κ3) is 7.04. The van der Waals surface area contributed by atoms with Crippen molar-refractivity contribution in [3.8, 4) is 5.75 Å². The number of carbonyl (C=O) groups is 1. The predicted octanol–water partition coefficient (Wildman–Crippen LogP) is 3.66. The van der Waals surface area contributed by atoms with Crippen molar-refractivity contribution >= 4 is 17.7 Å². The van der Waals surface area contributed by atoms with Gasteiger partial charge in [-0.15, -0.1) is 0 Å². The van der Waals surface area contributed by atoms with Crippen molar-refractivity contribution < 1.29 is 9.53 Å². The van der Waals surface area contributed by atoms with E-state index in [0.29, 0.717) is 6.42 Å². The quantitative estimate of drug-likeness (QED) is 0.743. The van der Waals surface area contributed by atoms with Crippen LogP contribution in [0.4, 0.5) is 5.69 Å². The molecule has 0 bridgehead atoms. The average molecular weight is 394 g/mol. The van der Waals surface area contributed by atoms with Crippen molar-refractivity contribution in [3.05, 3.63) is 65.7 Å². The number of benzene rings is 2. The van der Waals surface area contributed by atoms with E-state index in [1.54, 1.807) is 7.11 Å². The molecule has 1 fully saturated rings. The fourth-order valence-corrected chi connectivity index (χ4v) is 3.45. The molecule has 1 aliphatic heterocycles. The smallest absolute Gasteiger partial charge is 0.225 e. The summed E-state index contributed by atoms with van der Waals surface area (Å²) in [7, 11) is 1.68. The fraction of sp³-hybridized carbons (Fsp3) is 0.375. The zero-order chi connectivity index (χ0) is 20.5. The number of methoxy groups -OCH3 is 1. The SMILES string of the molecule is COc1ccc(/C=C/CN2CCN(CCC(=O)Nc3cccc(C)c3)CC2)cc1. The highest BCUT2D eigenvalue weighted by atomic mass is 16.5. The summed E-state index contributed by atoms with van der Waals surface area (Å²) in [5, 5.41) is 2.99. The van der Waals surface area contributed by atoms with Crippen molar-refractivity contribution in [1.82, 2.24) is 9.80 Å². The van der Waals surface area contributed by atoms with Gasteiger partial charge in [0.2, 0.25) is 5.91 Å². The molecule has 3 rings (SSSR count). The number of aryl methyl sites for hydroxylation is 1. The Balaban J connectivity index is 1.33. The van der Waals surface area contributed by atoms with Crippen LogP contribution < -0.4 is 10.1 Å². The first-order valence-corrected chi connectivity index (χ1v) is 10.2. The average Bonchev–Trinajstić information content (AvgIpc) is 2.74. The van der Waals surface area contributed by atoms with E-state index in [1.807, 2.05) is 43.3 Å². The number of piperazine rings is 1. The minimum atomic E-state index is 0.0838. The molecule has 1 heterocycles. The predicted molar refractivity (Wildman–Crippen MR) is 119 cm³/mol. The second-order valence-electron chi connectivity index (χ2n) is 7.49. The molecule has 0 radical (unpaired) electrons. The summed E-state index contributed by atoms with van der Waals surface area (Å²) in [6.45, 7) is 7.88. The van der Waals surface area contributed by atoms with Gasteiger partial charge in [0.05, 0.1) is 7.11 Å². The van der Waals surface area contributed by atoms with E-state index in [2.05, 4.69) is 39.4 Å². The summed E-state index contributed by atoms with van der Waals surface area (Å²) in [6, 6.07) is 16.0. The van der Waals surface area contributed by atoms with Crippen LogP contribution in [0.25, 0.3) is 6.08 Å². The molecule has 0 aromatic heterocycles. The Morgan fingerprint density at radius 2 is 1.79 bits per heavy atom. The number of carbonyl (C=O) groups excluding carboxylic acids is 1. The Morgan fingerprint density at radius 1 is 1.07 bits per heavy atom. The lowest BCUT2D eigenvalue weighted by Gasteiger charge is -2.34. The highest BCUT2D eigenvalue weighted by Crippen LogP contribution is 2.13. The Kier molecular flexibility index (Phi) is 7.85. The van der Waals surface area contributed by atoms with Crippen LogP contribution in [0.2, 0.25) is 0 Å². The van der Waals surface area contributed by atoms with Gasteiger partial charge in [-0.25, -0.2) is 0 Å². The first-order valence-electron chi connectivity index (χ1n) is 10.2. The van der Waals surface area contributed by atoms with Gasteiger partial charge in [0.25, 0.3) is 0 Å². The van der Waals surface area contributed by atoms with Gasteiger partial charge in [-0.2, -0.15) is 0 Å². The van der Waals surface area contributed by atoms with Crippen molar-refractivity contribution in [2.45, 2.75) is 13.3 Å². The maximum absolute atomic E-state index is 12.2. The van der Waals surface area contributed by atoms with Crippen molar-refractivity contribution in [1.29, 1.82) is 0 Å². The third-order valence-electron chi connectivity index (χ3n) is 5.21. The van der Waals surface area contributed by atoms with Crippen molar-refractivity contribution in [2.75, 3.05) is 51.7 Å². The van der Waals surface area contributed by atoms with Crippen LogP contribution in [-0.4, -0.2) is 62.1 Å². The maximum Gasteiger partial charge on any atom is 0.225 e. The summed E-state index contributed by atoms with van der Waals surface area (Å²) in [5.41, 5.74) is 3.22. The van der Waals surface area contributed by atoms with Crippen LogP contribution >= 0.6 is 0 Å². The molecule has 1 N–H and O–H groups in total. The molecule has 29 heavy (non-hydrogen) atoms. The summed E-state index contributed by atoms with van der Waals surface area (Å²) in [5.74, 6) is 0.964. The highest BCUT2D eigenvalue weighted by Gasteiger charge is 2.16. The Hall–Kier alpha value is -2.63.